The average molecular weight is 535 g/mol. The van der Waals surface area contributed by atoms with Gasteiger partial charge in [0.2, 0.25) is 5.95 Å². The lowest BCUT2D eigenvalue weighted by Crippen LogP contribution is -2.44. The molecule has 204 valence electrons. The molecule has 4 aromatic rings. The number of carbonyl (C=O) groups is 1. The van der Waals surface area contributed by atoms with Gasteiger partial charge in [0.05, 0.1) is 20.2 Å². The van der Waals surface area contributed by atoms with Crippen molar-refractivity contribution in [2.24, 2.45) is 12.8 Å². The third-order valence-electron chi connectivity index (χ3n) is 7.29. The van der Waals surface area contributed by atoms with E-state index in [1.54, 1.807) is 34.9 Å². The molecule has 39 heavy (non-hydrogen) atoms. The van der Waals surface area contributed by atoms with Crippen molar-refractivity contribution in [2.45, 2.75) is 38.9 Å². The molecule has 3 heterocycles. The van der Waals surface area contributed by atoms with E-state index < -0.39 is 29.4 Å². The number of methoxy groups -OCH3 is 1. The maximum atomic E-state index is 14.2. The van der Waals surface area contributed by atoms with Crippen LogP contribution in [0, 0.1) is 12.7 Å². The first-order valence-electron chi connectivity index (χ1n) is 12.8. The Morgan fingerprint density at radius 2 is 1.97 bits per heavy atom. The number of fused-ring (bicyclic) bond motifs is 1. The van der Waals surface area contributed by atoms with Crippen molar-refractivity contribution in [3.8, 4) is 5.75 Å². The number of nitrogens with two attached hydrogens (primary N) is 1. The van der Waals surface area contributed by atoms with Crippen LogP contribution in [0.1, 0.15) is 34.3 Å². The molecule has 2 aromatic heterocycles. The molecule has 11 heteroatoms. The minimum atomic E-state index is -0.655. The number of aryl methyl sites for hydroxylation is 2. The maximum Gasteiger partial charge on any atom is 0.332 e. The summed E-state index contributed by atoms with van der Waals surface area (Å²) in [6.45, 7) is 2.77. The lowest BCUT2D eigenvalue weighted by Gasteiger charge is -2.32. The summed E-state index contributed by atoms with van der Waals surface area (Å²) in [6, 6.07) is 11.0. The van der Waals surface area contributed by atoms with Gasteiger partial charge in [-0.2, -0.15) is 4.98 Å². The van der Waals surface area contributed by atoms with E-state index in [1.165, 1.54) is 30.9 Å². The molecule has 0 aliphatic carbocycles. The van der Waals surface area contributed by atoms with Gasteiger partial charge in [-0.15, -0.1) is 0 Å². The lowest BCUT2D eigenvalue weighted by molar-refractivity contribution is 0.0968. The minimum Gasteiger partial charge on any atom is -0.497 e. The predicted molar refractivity (Wildman–Crippen MR) is 146 cm³/mol. The van der Waals surface area contributed by atoms with E-state index in [9.17, 15) is 18.8 Å². The van der Waals surface area contributed by atoms with Gasteiger partial charge in [0.15, 0.2) is 16.9 Å². The molecule has 2 N–H and O–H groups in total. The van der Waals surface area contributed by atoms with Gasteiger partial charge >= 0.3 is 5.69 Å². The number of anilines is 1. The SMILES string of the molecule is COc1cccc(C(=O)Cn2c(=O)c3c(nc(N4CCCC(N)C4)n3Cc3cc(F)ccc3C)n(C)c2=O)c1. The number of ketones is 1. The summed E-state index contributed by atoms with van der Waals surface area (Å²) >= 11 is 0. The number of ether oxygens (including phenoxy) is 1. The number of halogens is 1. The van der Waals surface area contributed by atoms with Gasteiger partial charge in [0.1, 0.15) is 11.6 Å². The number of nitrogens with zero attached hydrogens (tertiary/aromatic N) is 5. The Morgan fingerprint density at radius 3 is 2.72 bits per heavy atom. The quantitative estimate of drug-likeness (QED) is 0.361. The number of carbonyl (C=O) groups excluding carboxylic acids is 1. The topological polar surface area (TPSA) is 117 Å². The number of Topliss-reactive ketones (excluding diaryl/α,β-unsaturated/α-hetero) is 1. The third kappa shape index (κ3) is 4.97. The highest BCUT2D eigenvalue weighted by Crippen LogP contribution is 2.25. The molecular formula is C28H31FN6O4. The van der Waals surface area contributed by atoms with Crippen LogP contribution in [0.3, 0.4) is 0 Å². The van der Waals surface area contributed by atoms with Crippen LogP contribution in [-0.2, 0) is 20.1 Å². The summed E-state index contributed by atoms with van der Waals surface area (Å²) in [5.41, 5.74) is 7.13. The van der Waals surface area contributed by atoms with Crippen LogP contribution in [-0.4, -0.2) is 50.7 Å². The van der Waals surface area contributed by atoms with Crippen molar-refractivity contribution in [1.82, 2.24) is 18.7 Å². The van der Waals surface area contributed by atoms with Crippen molar-refractivity contribution in [1.29, 1.82) is 0 Å². The first kappa shape index (κ1) is 26.4. The van der Waals surface area contributed by atoms with Crippen molar-refractivity contribution < 1.29 is 13.9 Å². The average Bonchev–Trinajstić information content (AvgIpc) is 3.31. The molecular weight excluding hydrogens is 503 g/mol. The summed E-state index contributed by atoms with van der Waals surface area (Å²) in [5, 5.41) is 0. The Balaban J connectivity index is 1.68. The Morgan fingerprint density at radius 1 is 1.18 bits per heavy atom. The monoisotopic (exact) mass is 534 g/mol. The molecule has 1 aliphatic rings. The van der Waals surface area contributed by atoms with Crippen LogP contribution in [0.2, 0.25) is 0 Å². The highest BCUT2D eigenvalue weighted by Gasteiger charge is 2.27. The number of aromatic nitrogens is 4. The molecule has 1 aliphatic heterocycles. The predicted octanol–water partition coefficient (Wildman–Crippen LogP) is 2.21. The fourth-order valence-corrected chi connectivity index (χ4v) is 5.09. The van der Waals surface area contributed by atoms with Gasteiger partial charge in [-0.3, -0.25) is 23.3 Å². The van der Waals surface area contributed by atoms with Crippen LogP contribution in [0.15, 0.2) is 52.1 Å². The normalized spacial score (nSPS) is 15.6. The first-order chi connectivity index (χ1) is 18.7. The van der Waals surface area contributed by atoms with Gasteiger partial charge in [-0.25, -0.2) is 9.18 Å². The van der Waals surface area contributed by atoms with E-state index in [0.29, 0.717) is 35.9 Å². The fourth-order valence-electron chi connectivity index (χ4n) is 5.09. The number of imidazole rings is 1. The Labute approximate surface area is 224 Å². The van der Waals surface area contributed by atoms with Crippen LogP contribution in [0.5, 0.6) is 5.75 Å². The molecule has 1 atom stereocenters. The van der Waals surface area contributed by atoms with Crippen LogP contribution < -0.4 is 26.6 Å². The summed E-state index contributed by atoms with van der Waals surface area (Å²) in [4.78, 5) is 47.1. The van der Waals surface area contributed by atoms with Gasteiger partial charge in [-0.05, 0) is 55.2 Å². The maximum absolute atomic E-state index is 14.2. The van der Waals surface area contributed by atoms with Gasteiger partial charge in [0.25, 0.3) is 5.56 Å². The zero-order chi connectivity index (χ0) is 27.8. The van der Waals surface area contributed by atoms with Crippen LogP contribution in [0.25, 0.3) is 11.2 Å². The summed E-state index contributed by atoms with van der Waals surface area (Å²) in [5.74, 6) is 0.161. The highest BCUT2D eigenvalue weighted by atomic mass is 19.1. The first-order valence-corrected chi connectivity index (χ1v) is 12.8. The fraction of sp³-hybridized carbons (Fsp3) is 0.357. The molecule has 0 bridgehead atoms. The molecule has 0 amide bonds. The second-order valence-corrected chi connectivity index (χ2v) is 9.98. The Hall–Kier alpha value is -4.25. The van der Waals surface area contributed by atoms with Crippen LogP contribution >= 0.6 is 0 Å². The molecule has 0 radical (unpaired) electrons. The molecule has 1 unspecified atom stereocenters. The second kappa shape index (κ2) is 10.5. The van der Waals surface area contributed by atoms with E-state index in [-0.39, 0.29) is 23.8 Å². The van der Waals surface area contributed by atoms with E-state index in [2.05, 4.69) is 0 Å². The molecule has 1 fully saturated rings. The third-order valence-corrected chi connectivity index (χ3v) is 7.29. The van der Waals surface area contributed by atoms with Crippen molar-refractivity contribution in [3.05, 3.63) is 85.8 Å². The van der Waals surface area contributed by atoms with Crippen molar-refractivity contribution in [2.75, 3.05) is 25.1 Å². The zero-order valence-corrected chi connectivity index (χ0v) is 22.2. The smallest absolute Gasteiger partial charge is 0.332 e. The molecule has 1 saturated heterocycles. The van der Waals surface area contributed by atoms with E-state index in [0.717, 1.165) is 23.0 Å². The number of rotatable bonds is 7. The molecule has 10 nitrogen and oxygen atoms in total. The van der Waals surface area contributed by atoms with Crippen LogP contribution in [0.4, 0.5) is 10.3 Å². The van der Waals surface area contributed by atoms with Gasteiger partial charge < -0.3 is 15.4 Å². The Kier molecular flexibility index (Phi) is 7.09. The highest BCUT2D eigenvalue weighted by molar-refractivity contribution is 5.96. The molecule has 0 saturated carbocycles. The van der Waals surface area contributed by atoms with Gasteiger partial charge in [0, 0.05) is 31.7 Å². The summed E-state index contributed by atoms with van der Waals surface area (Å²) in [6.07, 6.45) is 1.72. The van der Waals surface area contributed by atoms with E-state index >= 15 is 0 Å². The van der Waals surface area contributed by atoms with E-state index in [1.807, 2.05) is 11.8 Å². The zero-order valence-electron chi connectivity index (χ0n) is 22.2. The standard InChI is InChI=1S/C28H31FN6O4/c1-17-9-10-20(29)12-19(17)14-34-24-25(31-27(34)33-11-5-7-21(30)15-33)32(2)28(38)35(26(24)37)16-23(36)18-6-4-8-22(13-18)39-3/h4,6,8-10,12-13,21H,5,7,11,14-16,30H2,1-3H3. The number of piperidine rings is 1. The van der Waals surface area contributed by atoms with E-state index in [4.69, 9.17) is 15.5 Å². The molecule has 0 spiro atoms. The Bertz CT molecular complexity index is 1690. The lowest BCUT2D eigenvalue weighted by atomic mass is 10.1. The largest absolute Gasteiger partial charge is 0.497 e. The number of hydrogen-bond acceptors (Lipinski definition) is 7. The van der Waals surface area contributed by atoms with Crippen molar-refractivity contribution >= 4 is 22.9 Å². The molecule has 2 aromatic carbocycles. The summed E-state index contributed by atoms with van der Waals surface area (Å²) in [7, 11) is 3.01. The summed E-state index contributed by atoms with van der Waals surface area (Å²) < 4.78 is 23.3. The van der Waals surface area contributed by atoms with Gasteiger partial charge in [-0.1, -0.05) is 18.2 Å². The molecule has 5 rings (SSSR count). The second-order valence-electron chi connectivity index (χ2n) is 9.98. The number of hydrogen-bond donors (Lipinski definition) is 1. The van der Waals surface area contributed by atoms with Crippen molar-refractivity contribution in [3.63, 3.8) is 0 Å². The minimum absolute atomic E-state index is 0.0659. The number of benzene rings is 2.